The summed E-state index contributed by atoms with van der Waals surface area (Å²) in [7, 11) is 0. The lowest BCUT2D eigenvalue weighted by Gasteiger charge is -2.00. The van der Waals surface area contributed by atoms with Crippen molar-refractivity contribution in [3.05, 3.63) is 56.5 Å². The second kappa shape index (κ2) is 5.61. The van der Waals surface area contributed by atoms with Crippen molar-refractivity contribution in [1.29, 1.82) is 0 Å². The maximum atomic E-state index is 12.7. The van der Waals surface area contributed by atoms with Crippen LogP contribution >= 0.6 is 11.8 Å². The van der Waals surface area contributed by atoms with Crippen molar-refractivity contribution in [3.63, 3.8) is 0 Å². The molecule has 2 rings (SSSR count). The van der Waals surface area contributed by atoms with E-state index >= 15 is 0 Å². The van der Waals surface area contributed by atoms with Crippen LogP contribution in [0.3, 0.4) is 0 Å². The Morgan fingerprint density at radius 3 is 2.58 bits per heavy atom. The van der Waals surface area contributed by atoms with Gasteiger partial charge in [-0.15, -0.1) is 0 Å². The normalized spacial score (nSPS) is 10.4. The molecule has 0 bridgehead atoms. The lowest BCUT2D eigenvalue weighted by atomic mass is 10.1. The lowest BCUT2D eigenvalue weighted by molar-refractivity contribution is 0.102. The number of carbonyl (C=O) groups excluding carboxylic acids is 1. The zero-order valence-corrected chi connectivity index (χ0v) is 10.3. The Hall–Kier alpha value is -2.22. The van der Waals surface area contributed by atoms with Gasteiger partial charge < -0.3 is 0 Å². The predicted molar refractivity (Wildman–Crippen MR) is 66.9 cm³/mol. The van der Waals surface area contributed by atoms with Crippen molar-refractivity contribution in [3.8, 4) is 0 Å². The van der Waals surface area contributed by atoms with Crippen molar-refractivity contribution in [2.45, 2.75) is 5.03 Å². The molecule has 98 valence electrons. The summed E-state index contributed by atoms with van der Waals surface area (Å²) in [5.41, 5.74) is -1.02. The number of aromatic amines is 2. The van der Waals surface area contributed by atoms with Crippen molar-refractivity contribution < 1.29 is 9.18 Å². The van der Waals surface area contributed by atoms with Crippen LogP contribution in [0.4, 0.5) is 4.39 Å². The van der Waals surface area contributed by atoms with Gasteiger partial charge >= 0.3 is 5.69 Å². The standard InChI is InChI=1S/C11H8FN3O3S/c12-7-3-1-6(2-4-7)8(16)5-19-10-9(17)13-11(18)15-14-10/h1-4H,5H2,(H2,13,15,17,18). The van der Waals surface area contributed by atoms with Gasteiger partial charge in [0, 0.05) is 5.56 Å². The summed E-state index contributed by atoms with van der Waals surface area (Å²) in [6, 6.07) is 5.09. The van der Waals surface area contributed by atoms with Gasteiger partial charge in [-0.1, -0.05) is 11.8 Å². The number of hydrogen-bond acceptors (Lipinski definition) is 5. The maximum Gasteiger partial charge on any atom is 0.342 e. The highest BCUT2D eigenvalue weighted by atomic mass is 32.2. The minimum Gasteiger partial charge on any atom is -0.293 e. The molecule has 0 spiro atoms. The molecule has 19 heavy (non-hydrogen) atoms. The average Bonchev–Trinajstić information content (AvgIpc) is 2.38. The number of nitrogens with zero attached hydrogens (tertiary/aromatic N) is 1. The van der Waals surface area contributed by atoms with E-state index in [4.69, 9.17) is 0 Å². The first-order chi connectivity index (χ1) is 9.06. The van der Waals surface area contributed by atoms with Crippen LogP contribution in [0.2, 0.25) is 0 Å². The first-order valence-electron chi connectivity index (χ1n) is 5.17. The van der Waals surface area contributed by atoms with Crippen LogP contribution in [0.1, 0.15) is 10.4 Å². The number of benzene rings is 1. The quantitative estimate of drug-likeness (QED) is 0.631. The Bertz CT molecular complexity index is 708. The fraction of sp³-hybridized carbons (Fsp3) is 0.0909. The Labute approximate surface area is 110 Å². The molecule has 1 aromatic carbocycles. The van der Waals surface area contributed by atoms with E-state index in [0.717, 1.165) is 11.8 Å². The van der Waals surface area contributed by atoms with Crippen LogP contribution in [-0.4, -0.2) is 26.7 Å². The van der Waals surface area contributed by atoms with Crippen LogP contribution in [0.25, 0.3) is 0 Å². The molecule has 2 aromatic rings. The van der Waals surface area contributed by atoms with Crippen LogP contribution in [0.15, 0.2) is 38.9 Å². The molecule has 0 amide bonds. The second-order valence-electron chi connectivity index (χ2n) is 3.53. The molecule has 0 saturated heterocycles. The zero-order valence-electron chi connectivity index (χ0n) is 9.47. The maximum absolute atomic E-state index is 12.7. The summed E-state index contributed by atoms with van der Waals surface area (Å²) in [6.07, 6.45) is 0. The Morgan fingerprint density at radius 1 is 1.26 bits per heavy atom. The highest BCUT2D eigenvalue weighted by Crippen LogP contribution is 2.12. The third kappa shape index (κ3) is 3.38. The van der Waals surface area contributed by atoms with Crippen LogP contribution in [0.5, 0.6) is 0 Å². The molecule has 2 N–H and O–H groups in total. The van der Waals surface area contributed by atoms with E-state index < -0.39 is 17.1 Å². The van der Waals surface area contributed by atoms with Gasteiger partial charge in [0.15, 0.2) is 10.8 Å². The van der Waals surface area contributed by atoms with Gasteiger partial charge in [-0.25, -0.2) is 14.3 Å². The molecule has 1 heterocycles. The number of nitrogens with one attached hydrogen (secondary N) is 2. The molecule has 0 aliphatic rings. The fourth-order valence-corrected chi connectivity index (χ4v) is 2.01. The number of Topliss-reactive ketones (excluding diaryl/α,β-unsaturated/α-hetero) is 1. The Morgan fingerprint density at radius 2 is 1.95 bits per heavy atom. The van der Waals surface area contributed by atoms with Crippen molar-refractivity contribution in [2.24, 2.45) is 0 Å². The summed E-state index contributed by atoms with van der Waals surface area (Å²) in [4.78, 5) is 35.8. The monoisotopic (exact) mass is 281 g/mol. The van der Waals surface area contributed by atoms with E-state index in [2.05, 4.69) is 10.2 Å². The van der Waals surface area contributed by atoms with E-state index in [0.29, 0.717) is 5.56 Å². The summed E-state index contributed by atoms with van der Waals surface area (Å²) in [6.45, 7) is 0. The van der Waals surface area contributed by atoms with Gasteiger partial charge in [0.1, 0.15) is 5.82 Å². The van der Waals surface area contributed by atoms with Crippen LogP contribution in [-0.2, 0) is 0 Å². The molecule has 0 atom stereocenters. The molecule has 0 aliphatic heterocycles. The number of halogens is 1. The number of hydrogen-bond donors (Lipinski definition) is 2. The van der Waals surface area contributed by atoms with E-state index in [1.807, 2.05) is 4.98 Å². The molecular formula is C11H8FN3O3S. The third-order valence-electron chi connectivity index (χ3n) is 2.19. The second-order valence-corrected chi connectivity index (χ2v) is 4.49. The van der Waals surface area contributed by atoms with Gasteiger partial charge in [-0.05, 0) is 24.3 Å². The highest BCUT2D eigenvalue weighted by Gasteiger charge is 2.10. The molecule has 0 radical (unpaired) electrons. The van der Waals surface area contributed by atoms with Crippen LogP contribution in [0, 0.1) is 5.82 Å². The first kappa shape index (κ1) is 13.2. The highest BCUT2D eigenvalue weighted by molar-refractivity contribution is 7.99. The van der Waals surface area contributed by atoms with Gasteiger partial charge in [0.25, 0.3) is 5.56 Å². The number of aromatic nitrogens is 3. The van der Waals surface area contributed by atoms with E-state index in [1.54, 1.807) is 0 Å². The van der Waals surface area contributed by atoms with Crippen molar-refractivity contribution >= 4 is 17.5 Å². The number of ketones is 1. The number of thioether (sulfide) groups is 1. The van der Waals surface area contributed by atoms with Gasteiger partial charge in [-0.2, -0.15) is 5.10 Å². The molecule has 0 unspecified atom stereocenters. The summed E-state index contributed by atoms with van der Waals surface area (Å²) >= 11 is 0.895. The Balaban J connectivity index is 2.06. The summed E-state index contributed by atoms with van der Waals surface area (Å²) < 4.78 is 12.7. The number of H-pyrrole nitrogens is 2. The van der Waals surface area contributed by atoms with E-state index in [9.17, 15) is 18.8 Å². The summed E-state index contributed by atoms with van der Waals surface area (Å²) in [5.74, 6) is -0.728. The number of carbonyl (C=O) groups is 1. The molecule has 0 fully saturated rings. The topological polar surface area (TPSA) is 95.7 Å². The molecular weight excluding hydrogens is 273 g/mol. The van der Waals surface area contributed by atoms with E-state index in [-0.39, 0.29) is 16.6 Å². The number of rotatable bonds is 4. The minimum atomic E-state index is -0.709. The smallest absolute Gasteiger partial charge is 0.293 e. The predicted octanol–water partition coefficient (Wildman–Crippen LogP) is 0.572. The SMILES string of the molecule is O=C(CSc1n[nH]c(=O)[nH]c1=O)c1ccc(F)cc1. The van der Waals surface area contributed by atoms with Gasteiger partial charge in [0.2, 0.25) is 0 Å². The Kier molecular flexibility index (Phi) is 3.91. The van der Waals surface area contributed by atoms with Gasteiger partial charge in [0.05, 0.1) is 5.75 Å². The van der Waals surface area contributed by atoms with Crippen molar-refractivity contribution in [2.75, 3.05) is 5.75 Å². The third-order valence-corrected chi connectivity index (χ3v) is 3.14. The lowest BCUT2D eigenvalue weighted by Crippen LogP contribution is -2.25. The minimum absolute atomic E-state index is 0.00457. The molecule has 6 nitrogen and oxygen atoms in total. The fourth-order valence-electron chi connectivity index (χ4n) is 1.29. The summed E-state index contributed by atoms with van der Waals surface area (Å²) in [5, 5.41) is 5.59. The van der Waals surface area contributed by atoms with Gasteiger partial charge in [-0.3, -0.25) is 14.6 Å². The van der Waals surface area contributed by atoms with Crippen LogP contribution < -0.4 is 11.2 Å². The first-order valence-corrected chi connectivity index (χ1v) is 6.15. The average molecular weight is 281 g/mol. The van der Waals surface area contributed by atoms with Crippen molar-refractivity contribution in [1.82, 2.24) is 15.2 Å². The largest absolute Gasteiger partial charge is 0.342 e. The molecule has 0 aliphatic carbocycles. The molecule has 1 aromatic heterocycles. The zero-order chi connectivity index (χ0) is 13.8. The molecule has 8 heteroatoms. The van der Waals surface area contributed by atoms with E-state index in [1.165, 1.54) is 24.3 Å². The molecule has 0 saturated carbocycles.